The second-order valence-electron chi connectivity index (χ2n) is 1.68. The average Bonchev–Trinajstić information content (AvgIpc) is 1.87. The molecule has 0 rings (SSSR count). The molecule has 60 valence electrons. The van der Waals surface area contributed by atoms with Crippen molar-refractivity contribution in [2.75, 3.05) is 5.88 Å². The summed E-state index contributed by atoms with van der Waals surface area (Å²) in [4.78, 5) is 10.5. The largest absolute Gasteiger partial charge is 0.443 e. The van der Waals surface area contributed by atoms with E-state index < -0.39 is 17.6 Å². The van der Waals surface area contributed by atoms with Gasteiger partial charge in [0.05, 0.1) is 5.88 Å². The van der Waals surface area contributed by atoms with E-state index >= 15 is 0 Å². The average molecular weight is 187 g/mol. The van der Waals surface area contributed by atoms with Gasteiger partial charge < -0.3 is 9.84 Å². The number of alkyl halides is 2. The highest BCUT2D eigenvalue weighted by Gasteiger charge is 2.14. The molecule has 0 aromatic rings. The number of ether oxygens (including phenoxy) is 1. The van der Waals surface area contributed by atoms with Crippen molar-refractivity contribution in [3.05, 3.63) is 0 Å². The molecule has 0 aliphatic rings. The fourth-order valence-corrected chi connectivity index (χ4v) is 0.407. The molecule has 0 radical (unpaired) electrons. The van der Waals surface area contributed by atoms with Gasteiger partial charge in [0.2, 0.25) is 0 Å². The fraction of sp³-hybridized carbons (Fsp3) is 0.800. The monoisotopic (exact) mass is 186 g/mol. The van der Waals surface area contributed by atoms with Gasteiger partial charge in [0, 0.05) is 0 Å². The third-order valence-corrected chi connectivity index (χ3v) is 1.39. The molecule has 5 heteroatoms. The maximum absolute atomic E-state index is 10.5. The van der Waals surface area contributed by atoms with Crippen molar-refractivity contribution in [2.24, 2.45) is 0 Å². The summed E-state index contributed by atoms with van der Waals surface area (Å²) in [5.74, 6) is -0.749. The van der Waals surface area contributed by atoms with Crippen molar-refractivity contribution < 1.29 is 14.6 Å². The predicted molar refractivity (Wildman–Crippen MR) is 38.1 cm³/mol. The van der Waals surface area contributed by atoms with Gasteiger partial charge in [-0.3, -0.25) is 0 Å². The van der Waals surface area contributed by atoms with Crippen LogP contribution < -0.4 is 0 Å². The second-order valence-corrected chi connectivity index (χ2v) is 2.47. The summed E-state index contributed by atoms with van der Waals surface area (Å²) >= 11 is 10.5. The lowest BCUT2D eigenvalue weighted by molar-refractivity contribution is -0.153. The molecule has 0 saturated carbocycles. The SMILES string of the molecule is CC(O)C(=O)OC(Cl)CCl. The number of halogens is 2. The van der Waals surface area contributed by atoms with E-state index in [9.17, 15) is 4.79 Å². The van der Waals surface area contributed by atoms with Gasteiger partial charge in [-0.1, -0.05) is 11.6 Å². The Bertz CT molecular complexity index is 115. The highest BCUT2D eigenvalue weighted by atomic mass is 35.5. The van der Waals surface area contributed by atoms with Crippen molar-refractivity contribution in [1.29, 1.82) is 0 Å². The molecule has 0 aromatic heterocycles. The van der Waals surface area contributed by atoms with E-state index in [1.807, 2.05) is 0 Å². The third-order valence-electron chi connectivity index (χ3n) is 0.706. The number of aliphatic hydroxyl groups excluding tert-OH is 1. The van der Waals surface area contributed by atoms with Crippen LogP contribution in [0.25, 0.3) is 0 Å². The smallest absolute Gasteiger partial charge is 0.336 e. The van der Waals surface area contributed by atoms with Crippen LogP contribution in [0, 0.1) is 0 Å². The number of rotatable bonds is 3. The normalized spacial score (nSPS) is 16.0. The Hall–Kier alpha value is 0.01000. The van der Waals surface area contributed by atoms with Crippen LogP contribution in [0.5, 0.6) is 0 Å². The highest BCUT2D eigenvalue weighted by Crippen LogP contribution is 2.02. The number of aliphatic hydroxyl groups is 1. The summed E-state index contributed by atoms with van der Waals surface area (Å²) in [6.07, 6.45) is -1.15. The summed E-state index contributed by atoms with van der Waals surface area (Å²) in [5.41, 5.74) is -0.858. The molecule has 10 heavy (non-hydrogen) atoms. The van der Waals surface area contributed by atoms with Crippen LogP contribution in [0.4, 0.5) is 0 Å². The predicted octanol–water partition coefficient (Wildman–Crippen LogP) is 0.714. The first-order valence-corrected chi connectivity index (χ1v) is 3.63. The zero-order valence-electron chi connectivity index (χ0n) is 5.38. The van der Waals surface area contributed by atoms with Crippen molar-refractivity contribution >= 4 is 29.2 Å². The minimum absolute atomic E-state index is 0.0139. The van der Waals surface area contributed by atoms with Crippen LogP contribution in [0.2, 0.25) is 0 Å². The lowest BCUT2D eigenvalue weighted by Gasteiger charge is -2.08. The molecule has 1 N–H and O–H groups in total. The Morgan fingerprint density at radius 2 is 2.30 bits per heavy atom. The van der Waals surface area contributed by atoms with Gasteiger partial charge in [0.25, 0.3) is 0 Å². The minimum Gasteiger partial charge on any atom is -0.443 e. The van der Waals surface area contributed by atoms with Gasteiger partial charge in [0.15, 0.2) is 5.56 Å². The molecule has 0 bridgehead atoms. The molecule has 2 unspecified atom stereocenters. The van der Waals surface area contributed by atoms with Gasteiger partial charge in [-0.15, -0.1) is 11.6 Å². The Morgan fingerprint density at radius 1 is 1.80 bits per heavy atom. The number of hydrogen-bond acceptors (Lipinski definition) is 3. The van der Waals surface area contributed by atoms with Crippen LogP contribution in [0.15, 0.2) is 0 Å². The molecule has 0 aromatic carbocycles. The number of hydrogen-bond donors (Lipinski definition) is 1. The van der Waals surface area contributed by atoms with Crippen LogP contribution in [0.3, 0.4) is 0 Å². The number of carbonyl (C=O) groups is 1. The molecule has 0 heterocycles. The molecule has 3 nitrogen and oxygen atoms in total. The van der Waals surface area contributed by atoms with E-state index in [-0.39, 0.29) is 5.88 Å². The first-order chi connectivity index (χ1) is 4.57. The Morgan fingerprint density at radius 3 is 2.60 bits per heavy atom. The highest BCUT2D eigenvalue weighted by molar-refractivity contribution is 6.27. The molecule has 0 amide bonds. The maximum Gasteiger partial charge on any atom is 0.336 e. The van der Waals surface area contributed by atoms with Crippen molar-refractivity contribution in [2.45, 2.75) is 18.6 Å². The van der Waals surface area contributed by atoms with Crippen LogP contribution in [-0.2, 0) is 9.53 Å². The zero-order chi connectivity index (χ0) is 8.15. The standard InChI is InChI=1S/C5H8Cl2O3/c1-3(8)5(9)10-4(7)2-6/h3-4,8H,2H2,1H3. The van der Waals surface area contributed by atoms with Gasteiger partial charge in [0.1, 0.15) is 6.10 Å². The Labute approximate surface area is 68.9 Å². The molecule has 0 aliphatic carbocycles. The lowest BCUT2D eigenvalue weighted by Crippen LogP contribution is -2.23. The van der Waals surface area contributed by atoms with Crippen LogP contribution in [-0.4, -0.2) is 28.6 Å². The van der Waals surface area contributed by atoms with E-state index in [1.54, 1.807) is 0 Å². The topological polar surface area (TPSA) is 46.5 Å². The maximum atomic E-state index is 10.5. The van der Waals surface area contributed by atoms with Crippen molar-refractivity contribution in [3.8, 4) is 0 Å². The van der Waals surface area contributed by atoms with Gasteiger partial charge >= 0.3 is 5.97 Å². The summed E-state index contributed by atoms with van der Waals surface area (Å²) < 4.78 is 4.41. The Kier molecular flexibility index (Phi) is 4.77. The third kappa shape index (κ3) is 3.93. The van der Waals surface area contributed by atoms with Gasteiger partial charge in [-0.05, 0) is 6.92 Å². The first kappa shape index (κ1) is 10.0. The van der Waals surface area contributed by atoms with E-state index in [4.69, 9.17) is 28.3 Å². The molecule has 0 aliphatic heterocycles. The number of esters is 1. The molecular weight excluding hydrogens is 179 g/mol. The van der Waals surface area contributed by atoms with E-state index in [0.29, 0.717) is 0 Å². The van der Waals surface area contributed by atoms with Crippen molar-refractivity contribution in [3.63, 3.8) is 0 Å². The Balaban J connectivity index is 3.57. The molecular formula is C5H8Cl2O3. The van der Waals surface area contributed by atoms with Crippen molar-refractivity contribution in [1.82, 2.24) is 0 Å². The molecule has 0 fully saturated rings. The second kappa shape index (κ2) is 4.77. The minimum atomic E-state index is -1.15. The van der Waals surface area contributed by atoms with E-state index in [1.165, 1.54) is 6.92 Å². The summed E-state index contributed by atoms with van der Waals surface area (Å²) in [6, 6.07) is 0. The summed E-state index contributed by atoms with van der Waals surface area (Å²) in [6.45, 7) is 1.29. The molecule has 2 atom stereocenters. The zero-order valence-corrected chi connectivity index (χ0v) is 6.89. The van der Waals surface area contributed by atoms with Crippen LogP contribution in [0.1, 0.15) is 6.92 Å². The summed E-state index contributed by atoms with van der Waals surface area (Å²) in [7, 11) is 0. The van der Waals surface area contributed by atoms with E-state index in [0.717, 1.165) is 0 Å². The summed E-state index contributed by atoms with van der Waals surface area (Å²) in [5, 5.41) is 8.59. The number of carbonyl (C=O) groups excluding carboxylic acids is 1. The van der Waals surface area contributed by atoms with Gasteiger partial charge in [-0.25, -0.2) is 4.79 Å². The fourth-order valence-electron chi connectivity index (χ4n) is 0.256. The van der Waals surface area contributed by atoms with Gasteiger partial charge in [-0.2, -0.15) is 0 Å². The van der Waals surface area contributed by atoms with Crippen LogP contribution >= 0.6 is 23.2 Å². The lowest BCUT2D eigenvalue weighted by atomic mass is 10.4. The van der Waals surface area contributed by atoms with E-state index in [2.05, 4.69) is 4.74 Å². The molecule has 0 saturated heterocycles. The first-order valence-electron chi connectivity index (χ1n) is 2.66. The molecule has 0 spiro atoms. The quantitative estimate of drug-likeness (QED) is 0.522.